The van der Waals surface area contributed by atoms with Crippen molar-refractivity contribution in [3.05, 3.63) is 35.9 Å². The number of hydrogen-bond donors (Lipinski definition) is 0. The molecule has 1 rings (SSSR count). The number of carbonyl (C=O) groups is 1. The predicted molar refractivity (Wildman–Crippen MR) is 64.8 cm³/mol. The van der Waals surface area contributed by atoms with E-state index in [0.717, 1.165) is 5.56 Å². The molecule has 0 aliphatic heterocycles. The predicted octanol–water partition coefficient (Wildman–Crippen LogP) is 2.36. The fourth-order valence-corrected chi connectivity index (χ4v) is 1.43. The van der Waals surface area contributed by atoms with Crippen molar-refractivity contribution in [2.45, 2.75) is 6.92 Å². The van der Waals surface area contributed by atoms with Gasteiger partial charge >= 0.3 is 5.97 Å². The number of hydrogen-bond acceptors (Lipinski definition) is 4. The van der Waals surface area contributed by atoms with Gasteiger partial charge in [0.2, 0.25) is 0 Å². The summed E-state index contributed by atoms with van der Waals surface area (Å²) in [5.41, 5.74) is 1.23. The summed E-state index contributed by atoms with van der Waals surface area (Å²) >= 11 is 0. The van der Waals surface area contributed by atoms with E-state index in [1.54, 1.807) is 25.3 Å². The van der Waals surface area contributed by atoms with Crippen LogP contribution in [0.4, 0.5) is 0 Å². The Kier molecular flexibility index (Phi) is 4.57. The zero-order valence-corrected chi connectivity index (χ0v) is 10.3. The summed E-state index contributed by atoms with van der Waals surface area (Å²) < 4.78 is 15.3. The Morgan fingerprint density at radius 3 is 2.59 bits per heavy atom. The van der Waals surface area contributed by atoms with E-state index in [0.29, 0.717) is 23.7 Å². The molecule has 0 aliphatic rings. The van der Waals surface area contributed by atoms with Crippen molar-refractivity contribution >= 4 is 5.97 Å². The lowest BCUT2D eigenvalue weighted by Crippen LogP contribution is -2.07. The topological polar surface area (TPSA) is 44.8 Å². The molecule has 0 atom stereocenters. The smallest absolute Gasteiger partial charge is 0.341 e. The minimum Gasteiger partial charge on any atom is -0.496 e. The summed E-state index contributed by atoms with van der Waals surface area (Å²) in [6, 6.07) is 3.36. The number of aryl methyl sites for hydroxylation is 1. The Morgan fingerprint density at radius 1 is 1.35 bits per heavy atom. The Bertz CT molecular complexity index is 424. The molecule has 4 nitrogen and oxygen atoms in total. The highest BCUT2D eigenvalue weighted by atomic mass is 16.5. The molecule has 0 radical (unpaired) electrons. The van der Waals surface area contributed by atoms with Crippen molar-refractivity contribution in [2.24, 2.45) is 0 Å². The lowest BCUT2D eigenvalue weighted by molar-refractivity contribution is 0.0596. The van der Waals surface area contributed by atoms with Gasteiger partial charge in [-0.05, 0) is 18.6 Å². The lowest BCUT2D eigenvalue weighted by atomic mass is 10.1. The van der Waals surface area contributed by atoms with Crippen LogP contribution >= 0.6 is 0 Å². The van der Waals surface area contributed by atoms with E-state index in [2.05, 4.69) is 6.58 Å². The summed E-state index contributed by atoms with van der Waals surface area (Å²) in [5, 5.41) is 0. The third kappa shape index (κ3) is 3.00. The van der Waals surface area contributed by atoms with Gasteiger partial charge in [0.05, 0.1) is 14.2 Å². The largest absolute Gasteiger partial charge is 0.496 e. The van der Waals surface area contributed by atoms with Crippen LogP contribution in [0.25, 0.3) is 0 Å². The number of rotatable bonds is 5. The lowest BCUT2D eigenvalue weighted by Gasteiger charge is -2.12. The molecule has 1 aromatic carbocycles. The van der Waals surface area contributed by atoms with Gasteiger partial charge in [0.25, 0.3) is 0 Å². The van der Waals surface area contributed by atoms with Gasteiger partial charge in [-0.2, -0.15) is 0 Å². The van der Waals surface area contributed by atoms with Gasteiger partial charge in [0.1, 0.15) is 23.7 Å². The molecule has 0 unspecified atom stereocenters. The average Bonchev–Trinajstić information content (AvgIpc) is 2.35. The van der Waals surface area contributed by atoms with Crippen molar-refractivity contribution < 1.29 is 19.0 Å². The molecule has 0 aromatic heterocycles. The standard InChI is InChI=1S/C13H16O4/c1-5-6-17-12-8-11(15-3)9(2)7-10(12)13(14)16-4/h5,7-8H,1,6H2,2-4H3. The van der Waals surface area contributed by atoms with Crippen LogP contribution in [0.5, 0.6) is 11.5 Å². The Labute approximate surface area is 101 Å². The van der Waals surface area contributed by atoms with E-state index in [1.165, 1.54) is 7.11 Å². The van der Waals surface area contributed by atoms with Gasteiger partial charge in [-0.3, -0.25) is 0 Å². The second kappa shape index (κ2) is 5.94. The number of esters is 1. The molecule has 17 heavy (non-hydrogen) atoms. The van der Waals surface area contributed by atoms with E-state index in [-0.39, 0.29) is 0 Å². The molecule has 4 heteroatoms. The minimum absolute atomic E-state index is 0.316. The quantitative estimate of drug-likeness (QED) is 0.581. The first-order chi connectivity index (χ1) is 8.13. The summed E-state index contributed by atoms with van der Waals surface area (Å²) in [7, 11) is 2.90. The average molecular weight is 236 g/mol. The summed E-state index contributed by atoms with van der Waals surface area (Å²) in [6.45, 7) is 5.72. The highest BCUT2D eigenvalue weighted by molar-refractivity contribution is 5.93. The van der Waals surface area contributed by atoms with Crippen molar-refractivity contribution in [1.29, 1.82) is 0 Å². The molecular formula is C13H16O4. The fraction of sp³-hybridized carbons (Fsp3) is 0.308. The third-order valence-electron chi connectivity index (χ3n) is 2.26. The molecule has 0 spiro atoms. The summed E-state index contributed by atoms with van der Waals surface area (Å²) in [4.78, 5) is 11.6. The van der Waals surface area contributed by atoms with Gasteiger partial charge in [-0.25, -0.2) is 4.79 Å². The first kappa shape index (κ1) is 13.1. The van der Waals surface area contributed by atoms with Crippen molar-refractivity contribution in [1.82, 2.24) is 0 Å². The molecule has 0 amide bonds. The molecule has 0 saturated carbocycles. The maximum absolute atomic E-state index is 11.6. The molecule has 0 heterocycles. The second-order valence-corrected chi connectivity index (χ2v) is 3.41. The number of ether oxygens (including phenoxy) is 3. The monoisotopic (exact) mass is 236 g/mol. The van der Waals surface area contributed by atoms with E-state index in [4.69, 9.17) is 14.2 Å². The maximum Gasteiger partial charge on any atom is 0.341 e. The Morgan fingerprint density at radius 2 is 2.06 bits per heavy atom. The van der Waals surface area contributed by atoms with E-state index in [1.807, 2.05) is 6.92 Å². The Hall–Kier alpha value is -1.97. The van der Waals surface area contributed by atoms with Gasteiger partial charge < -0.3 is 14.2 Å². The number of benzene rings is 1. The highest BCUT2D eigenvalue weighted by Gasteiger charge is 2.16. The number of methoxy groups -OCH3 is 2. The van der Waals surface area contributed by atoms with Crippen LogP contribution < -0.4 is 9.47 Å². The van der Waals surface area contributed by atoms with Gasteiger partial charge in [-0.1, -0.05) is 12.7 Å². The molecular weight excluding hydrogens is 220 g/mol. The molecule has 92 valence electrons. The maximum atomic E-state index is 11.6. The molecule has 0 bridgehead atoms. The second-order valence-electron chi connectivity index (χ2n) is 3.41. The van der Waals surface area contributed by atoms with Crippen molar-refractivity contribution in [3.8, 4) is 11.5 Å². The van der Waals surface area contributed by atoms with Crippen LogP contribution in [-0.2, 0) is 4.74 Å². The summed E-state index contributed by atoms with van der Waals surface area (Å²) in [6.07, 6.45) is 1.60. The summed E-state index contributed by atoms with van der Waals surface area (Å²) in [5.74, 6) is 0.658. The first-order valence-corrected chi connectivity index (χ1v) is 5.14. The number of carbonyl (C=O) groups excluding carboxylic acids is 1. The van der Waals surface area contributed by atoms with Gasteiger partial charge in [0.15, 0.2) is 0 Å². The first-order valence-electron chi connectivity index (χ1n) is 5.14. The van der Waals surface area contributed by atoms with Crippen LogP contribution in [-0.4, -0.2) is 26.8 Å². The van der Waals surface area contributed by atoms with Crippen LogP contribution in [0.1, 0.15) is 15.9 Å². The van der Waals surface area contributed by atoms with Crippen molar-refractivity contribution in [3.63, 3.8) is 0 Å². The van der Waals surface area contributed by atoms with Crippen LogP contribution in [0, 0.1) is 6.92 Å². The minimum atomic E-state index is -0.435. The zero-order valence-electron chi connectivity index (χ0n) is 10.3. The third-order valence-corrected chi connectivity index (χ3v) is 2.26. The normalized spacial score (nSPS) is 9.59. The van der Waals surface area contributed by atoms with Crippen LogP contribution in [0.2, 0.25) is 0 Å². The highest BCUT2D eigenvalue weighted by Crippen LogP contribution is 2.29. The molecule has 0 N–H and O–H groups in total. The van der Waals surface area contributed by atoms with Crippen molar-refractivity contribution in [2.75, 3.05) is 20.8 Å². The van der Waals surface area contributed by atoms with E-state index in [9.17, 15) is 4.79 Å². The van der Waals surface area contributed by atoms with Gasteiger partial charge in [0, 0.05) is 6.07 Å². The van der Waals surface area contributed by atoms with Gasteiger partial charge in [-0.15, -0.1) is 0 Å². The van der Waals surface area contributed by atoms with E-state index < -0.39 is 5.97 Å². The molecule has 0 saturated heterocycles. The SMILES string of the molecule is C=CCOc1cc(OC)c(C)cc1C(=O)OC. The van der Waals surface area contributed by atoms with Crippen LogP contribution in [0.3, 0.4) is 0 Å². The van der Waals surface area contributed by atoms with E-state index >= 15 is 0 Å². The molecule has 1 aromatic rings. The molecule has 0 fully saturated rings. The van der Waals surface area contributed by atoms with Crippen LogP contribution in [0.15, 0.2) is 24.8 Å². The Balaban J connectivity index is 3.20. The fourth-order valence-electron chi connectivity index (χ4n) is 1.43. The zero-order chi connectivity index (χ0) is 12.8. The molecule has 0 aliphatic carbocycles.